The van der Waals surface area contributed by atoms with Crippen molar-refractivity contribution in [1.82, 2.24) is 19.3 Å². The van der Waals surface area contributed by atoms with Crippen LogP contribution in [0.3, 0.4) is 0 Å². The first-order valence-corrected chi connectivity index (χ1v) is 17.3. The quantitative estimate of drug-likeness (QED) is 0.158. The van der Waals surface area contributed by atoms with Crippen LogP contribution in [0.2, 0.25) is 10.0 Å². The number of nitrogens with zero attached hydrogens (tertiary/aromatic N) is 5. The number of amides is 1. The summed E-state index contributed by atoms with van der Waals surface area (Å²) in [6.45, 7) is 10.8. The summed E-state index contributed by atoms with van der Waals surface area (Å²) < 4.78 is 10.2. The highest BCUT2D eigenvalue weighted by Gasteiger charge is 2.37. The molecule has 11 heteroatoms. The van der Waals surface area contributed by atoms with E-state index in [1.807, 2.05) is 69.8 Å². The second-order valence-electron chi connectivity index (χ2n) is 13.1. The summed E-state index contributed by atoms with van der Waals surface area (Å²) in [5, 5.41) is 17.4. The van der Waals surface area contributed by atoms with Gasteiger partial charge in [-0.05, 0) is 107 Å². The van der Waals surface area contributed by atoms with Gasteiger partial charge in [-0.15, -0.1) is 0 Å². The van der Waals surface area contributed by atoms with Crippen LogP contribution in [0.25, 0.3) is 32.9 Å². The zero-order valence-corrected chi connectivity index (χ0v) is 30.3. The van der Waals surface area contributed by atoms with Crippen molar-refractivity contribution in [2.24, 2.45) is 7.05 Å². The van der Waals surface area contributed by atoms with E-state index >= 15 is 0 Å². The van der Waals surface area contributed by atoms with Gasteiger partial charge in [0.2, 0.25) is 0 Å². The minimum atomic E-state index is -1.07. The first-order chi connectivity index (χ1) is 23.9. The van der Waals surface area contributed by atoms with Crippen LogP contribution >= 0.6 is 23.2 Å². The Bertz CT molecular complexity index is 2350. The van der Waals surface area contributed by atoms with Gasteiger partial charge in [0.05, 0.1) is 39.6 Å². The SMILES string of the molecule is Cc1cc(OCCCc2c3n(c4c(-c5c(C)nn(C)c5C)c(Cl)ccc24)[C@H](C)CN(c2ccc(C(=O)O)c4ncccc24)C3=O)cc(C)c1Cl. The third-order valence-corrected chi connectivity index (χ3v) is 10.7. The number of fused-ring (bicyclic) bond motifs is 4. The smallest absolute Gasteiger partial charge is 0.337 e. The lowest BCUT2D eigenvalue weighted by Gasteiger charge is -2.35. The van der Waals surface area contributed by atoms with Crippen molar-refractivity contribution in [2.45, 2.75) is 53.5 Å². The van der Waals surface area contributed by atoms with Crippen LogP contribution < -0.4 is 9.64 Å². The molecule has 0 unspecified atom stereocenters. The maximum atomic E-state index is 14.9. The Morgan fingerprint density at radius 3 is 2.44 bits per heavy atom. The van der Waals surface area contributed by atoms with E-state index < -0.39 is 5.97 Å². The molecule has 4 heterocycles. The molecule has 256 valence electrons. The first-order valence-electron chi connectivity index (χ1n) is 16.6. The van der Waals surface area contributed by atoms with Gasteiger partial charge < -0.3 is 19.3 Å². The third-order valence-electron chi connectivity index (χ3n) is 9.83. The molecule has 7 rings (SSSR count). The standard InChI is InChI=1S/C39H37Cl2N5O4/c1-20-17-25(18-21(2)34(20)41)50-16-8-10-26-27-11-13-30(40)33(32-23(4)43-44(6)24(32)5)36(27)46-22(3)19-45(38(47)37(26)46)31-14-12-29(39(48)49)35-28(31)9-7-15-42-35/h7,9,11-15,17-18,22H,8,10,16,19H2,1-6H3,(H,48,49)/t22-/m1/s1. The Morgan fingerprint density at radius 1 is 1.02 bits per heavy atom. The summed E-state index contributed by atoms with van der Waals surface area (Å²) in [6, 6.07) is 14.5. The molecular weight excluding hydrogens is 673 g/mol. The van der Waals surface area contributed by atoms with Crippen molar-refractivity contribution in [3.63, 3.8) is 0 Å². The predicted molar refractivity (Wildman–Crippen MR) is 198 cm³/mol. The van der Waals surface area contributed by atoms with Crippen molar-refractivity contribution in [3.8, 4) is 16.9 Å². The molecule has 9 nitrogen and oxygen atoms in total. The van der Waals surface area contributed by atoms with Crippen molar-refractivity contribution >= 4 is 62.6 Å². The molecule has 0 aliphatic carbocycles. The number of aromatic nitrogens is 4. The van der Waals surface area contributed by atoms with Crippen LogP contribution in [-0.4, -0.2) is 49.5 Å². The lowest BCUT2D eigenvalue weighted by Crippen LogP contribution is -2.42. The number of anilines is 1. The third kappa shape index (κ3) is 5.40. The number of carboxylic acids is 1. The molecular formula is C39H37Cl2N5O4. The number of benzene rings is 3. The second-order valence-corrected chi connectivity index (χ2v) is 13.9. The number of carboxylic acid groups (broad SMARTS) is 1. The average molecular weight is 711 g/mol. The molecule has 1 aliphatic heterocycles. The van der Waals surface area contributed by atoms with E-state index in [0.29, 0.717) is 53.3 Å². The Labute approximate surface area is 300 Å². The number of carbonyl (C=O) groups is 2. The van der Waals surface area contributed by atoms with Crippen LogP contribution in [0, 0.1) is 27.7 Å². The van der Waals surface area contributed by atoms with Gasteiger partial charge in [-0.25, -0.2) is 4.79 Å². The number of ether oxygens (including phenoxy) is 1. The fourth-order valence-corrected chi connectivity index (χ4v) is 7.86. The number of pyridine rings is 1. The van der Waals surface area contributed by atoms with Crippen molar-refractivity contribution in [2.75, 3.05) is 18.1 Å². The highest BCUT2D eigenvalue weighted by molar-refractivity contribution is 6.35. The molecule has 0 spiro atoms. The molecule has 1 atom stereocenters. The lowest BCUT2D eigenvalue weighted by molar-refractivity contribution is 0.0698. The average Bonchev–Trinajstić information content (AvgIpc) is 3.55. The van der Waals surface area contributed by atoms with Gasteiger partial charge in [0.1, 0.15) is 11.4 Å². The maximum Gasteiger partial charge on any atom is 0.337 e. The number of aryl methyl sites for hydroxylation is 5. The molecule has 3 aromatic carbocycles. The number of hydrogen-bond acceptors (Lipinski definition) is 5. The monoisotopic (exact) mass is 709 g/mol. The molecule has 1 amide bonds. The van der Waals surface area contributed by atoms with Crippen LogP contribution in [0.1, 0.15) is 68.3 Å². The summed E-state index contributed by atoms with van der Waals surface area (Å²) in [6.07, 6.45) is 2.79. The summed E-state index contributed by atoms with van der Waals surface area (Å²) in [5.74, 6) is -0.488. The fraction of sp³-hybridized carbons (Fsp3) is 0.282. The van der Waals surface area contributed by atoms with Crippen LogP contribution in [0.5, 0.6) is 5.75 Å². The first kappa shape index (κ1) is 33.6. The molecule has 0 fully saturated rings. The Kier molecular flexibility index (Phi) is 8.60. The molecule has 0 saturated carbocycles. The molecule has 50 heavy (non-hydrogen) atoms. The van der Waals surface area contributed by atoms with Crippen molar-refractivity contribution < 1.29 is 19.4 Å². The molecule has 6 aromatic rings. The number of carbonyl (C=O) groups excluding carboxylic acids is 1. The Morgan fingerprint density at radius 2 is 1.76 bits per heavy atom. The van der Waals surface area contributed by atoms with Crippen molar-refractivity contribution in [1.29, 1.82) is 0 Å². The molecule has 3 aromatic heterocycles. The van der Waals surface area contributed by atoms with Gasteiger partial charge in [-0.1, -0.05) is 29.3 Å². The van der Waals surface area contributed by atoms with Crippen LogP contribution in [0.4, 0.5) is 5.69 Å². The number of aromatic carboxylic acids is 1. The minimum absolute atomic E-state index is 0.0872. The molecule has 1 aliphatic rings. The Balaban J connectivity index is 1.38. The van der Waals surface area contributed by atoms with E-state index in [1.165, 1.54) is 6.07 Å². The van der Waals surface area contributed by atoms with Crippen LogP contribution in [-0.2, 0) is 13.5 Å². The fourth-order valence-electron chi connectivity index (χ4n) is 7.50. The van der Waals surface area contributed by atoms with E-state index in [1.54, 1.807) is 23.2 Å². The molecule has 0 radical (unpaired) electrons. The second kappa shape index (κ2) is 12.8. The molecule has 0 bridgehead atoms. The minimum Gasteiger partial charge on any atom is -0.494 e. The van der Waals surface area contributed by atoms with Gasteiger partial charge in [0.25, 0.3) is 5.91 Å². The van der Waals surface area contributed by atoms with E-state index in [9.17, 15) is 14.7 Å². The highest BCUT2D eigenvalue weighted by Crippen LogP contribution is 2.45. The van der Waals surface area contributed by atoms with E-state index in [0.717, 1.165) is 60.9 Å². The maximum absolute atomic E-state index is 14.9. The molecule has 1 N–H and O–H groups in total. The zero-order chi connectivity index (χ0) is 35.6. The van der Waals surface area contributed by atoms with Crippen molar-refractivity contribution in [3.05, 3.63) is 104 Å². The van der Waals surface area contributed by atoms with Crippen LogP contribution in [0.15, 0.2) is 54.7 Å². The van der Waals surface area contributed by atoms with Gasteiger partial charge in [0, 0.05) is 58.4 Å². The van der Waals surface area contributed by atoms with Gasteiger partial charge in [-0.2, -0.15) is 5.10 Å². The topological polar surface area (TPSA) is 102 Å². The number of rotatable bonds is 8. The Hall–Kier alpha value is -4.86. The van der Waals surface area contributed by atoms with E-state index in [4.69, 9.17) is 33.0 Å². The summed E-state index contributed by atoms with van der Waals surface area (Å²) in [7, 11) is 1.92. The molecule has 0 saturated heterocycles. The zero-order valence-electron chi connectivity index (χ0n) is 28.8. The lowest BCUT2D eigenvalue weighted by atomic mass is 9.98. The van der Waals surface area contributed by atoms with E-state index in [-0.39, 0.29) is 17.5 Å². The van der Waals surface area contributed by atoms with Gasteiger partial charge >= 0.3 is 5.97 Å². The summed E-state index contributed by atoms with van der Waals surface area (Å²) >= 11 is 13.4. The van der Waals surface area contributed by atoms with Gasteiger partial charge in [-0.3, -0.25) is 14.5 Å². The summed E-state index contributed by atoms with van der Waals surface area (Å²) in [4.78, 5) is 33.1. The summed E-state index contributed by atoms with van der Waals surface area (Å²) in [5.41, 5.74) is 9.00. The normalized spacial score (nSPS) is 14.5. The van der Waals surface area contributed by atoms with E-state index in [2.05, 4.69) is 16.5 Å². The number of halogens is 2. The largest absolute Gasteiger partial charge is 0.494 e. The number of hydrogen-bond donors (Lipinski definition) is 1. The highest BCUT2D eigenvalue weighted by atomic mass is 35.5. The predicted octanol–water partition coefficient (Wildman–Crippen LogP) is 9.06. The van der Waals surface area contributed by atoms with Gasteiger partial charge in [0.15, 0.2) is 0 Å².